The zero-order chi connectivity index (χ0) is 19.4. The first kappa shape index (κ1) is 19.0. The number of hydrogen-bond donors (Lipinski definition) is 1. The Morgan fingerprint density at radius 1 is 1.11 bits per heavy atom. The van der Waals surface area contributed by atoms with Crippen molar-refractivity contribution in [2.24, 2.45) is 0 Å². The van der Waals surface area contributed by atoms with E-state index >= 15 is 0 Å². The van der Waals surface area contributed by atoms with Gasteiger partial charge in [0.1, 0.15) is 11.6 Å². The van der Waals surface area contributed by atoms with Gasteiger partial charge < -0.3 is 14.6 Å². The molecule has 142 valence electrons. The third-order valence-corrected chi connectivity index (χ3v) is 4.01. The Kier molecular flexibility index (Phi) is 5.51. The molecule has 1 aromatic carbocycles. The van der Waals surface area contributed by atoms with E-state index in [0.717, 1.165) is 22.6 Å². The van der Waals surface area contributed by atoms with Crippen LogP contribution in [-0.4, -0.2) is 27.2 Å². The number of hydrogen-bond acceptors (Lipinski definition) is 7. The lowest BCUT2D eigenvalue weighted by Crippen LogP contribution is -2.18. The minimum Gasteiger partial charge on any atom is -0.378 e. The summed E-state index contributed by atoms with van der Waals surface area (Å²) in [5, 5.41) is 7.32. The van der Waals surface area contributed by atoms with Gasteiger partial charge in [-0.1, -0.05) is 44.1 Å². The predicted octanol–water partition coefficient (Wildman–Crippen LogP) is 3.89. The van der Waals surface area contributed by atoms with Crippen LogP contribution in [0.25, 0.3) is 11.5 Å². The maximum Gasteiger partial charge on any atom is 0.258 e. The van der Waals surface area contributed by atoms with Crippen LogP contribution in [0.1, 0.15) is 43.7 Å². The van der Waals surface area contributed by atoms with Crippen LogP contribution in [0.15, 0.2) is 34.9 Å². The molecule has 27 heavy (non-hydrogen) atoms. The molecule has 0 aliphatic carbocycles. The average Bonchev–Trinajstić information content (AvgIpc) is 3.08. The maximum atomic E-state index is 5.41. The fraction of sp³-hybridized carbons (Fsp3) is 0.400. The van der Waals surface area contributed by atoms with Crippen molar-refractivity contribution in [2.75, 3.05) is 12.4 Å². The van der Waals surface area contributed by atoms with Crippen molar-refractivity contribution in [1.29, 1.82) is 0 Å². The van der Waals surface area contributed by atoms with Crippen LogP contribution in [0.5, 0.6) is 0 Å². The van der Waals surface area contributed by atoms with E-state index in [1.165, 1.54) is 0 Å². The SMILES string of the molecule is COCc1cc(NCc2noc(-c3ccccc3C)n2)nc(C(C)(C)C)n1. The lowest BCUT2D eigenvalue weighted by molar-refractivity contribution is 0.181. The van der Waals surface area contributed by atoms with Crippen molar-refractivity contribution in [3.05, 3.63) is 53.2 Å². The van der Waals surface area contributed by atoms with E-state index in [1.807, 2.05) is 37.3 Å². The quantitative estimate of drug-likeness (QED) is 0.707. The van der Waals surface area contributed by atoms with Crippen molar-refractivity contribution in [3.63, 3.8) is 0 Å². The fourth-order valence-corrected chi connectivity index (χ4v) is 2.56. The minimum atomic E-state index is -0.162. The molecule has 0 spiro atoms. The van der Waals surface area contributed by atoms with Gasteiger partial charge in [-0.25, -0.2) is 9.97 Å². The number of anilines is 1. The van der Waals surface area contributed by atoms with Crippen LogP contribution in [-0.2, 0) is 23.3 Å². The summed E-state index contributed by atoms with van der Waals surface area (Å²) in [4.78, 5) is 13.7. The molecular weight excluding hydrogens is 342 g/mol. The first-order valence-electron chi connectivity index (χ1n) is 8.86. The van der Waals surface area contributed by atoms with Crippen LogP contribution < -0.4 is 5.32 Å². The van der Waals surface area contributed by atoms with Gasteiger partial charge in [0.2, 0.25) is 0 Å². The number of aromatic nitrogens is 4. The number of nitrogens with zero attached hydrogens (tertiary/aromatic N) is 4. The normalized spacial score (nSPS) is 11.6. The van der Waals surface area contributed by atoms with E-state index in [2.05, 4.69) is 46.2 Å². The van der Waals surface area contributed by atoms with E-state index in [4.69, 9.17) is 9.26 Å². The first-order chi connectivity index (χ1) is 12.9. The predicted molar refractivity (Wildman–Crippen MR) is 103 cm³/mol. The molecule has 0 saturated heterocycles. The molecule has 0 radical (unpaired) electrons. The summed E-state index contributed by atoms with van der Waals surface area (Å²) in [6.45, 7) is 9.09. The van der Waals surface area contributed by atoms with E-state index in [0.29, 0.717) is 30.7 Å². The van der Waals surface area contributed by atoms with Gasteiger partial charge in [0, 0.05) is 24.2 Å². The monoisotopic (exact) mass is 367 g/mol. The lowest BCUT2D eigenvalue weighted by Gasteiger charge is -2.18. The van der Waals surface area contributed by atoms with Crippen molar-refractivity contribution < 1.29 is 9.26 Å². The van der Waals surface area contributed by atoms with Gasteiger partial charge in [-0.15, -0.1) is 0 Å². The fourth-order valence-electron chi connectivity index (χ4n) is 2.56. The molecule has 2 heterocycles. The third kappa shape index (κ3) is 4.68. The lowest BCUT2D eigenvalue weighted by atomic mass is 9.95. The van der Waals surface area contributed by atoms with Gasteiger partial charge in [0.15, 0.2) is 5.82 Å². The van der Waals surface area contributed by atoms with Crippen molar-refractivity contribution >= 4 is 5.82 Å². The molecule has 3 aromatic rings. The summed E-state index contributed by atoms with van der Waals surface area (Å²) in [6.07, 6.45) is 0. The van der Waals surface area contributed by atoms with Gasteiger partial charge in [0.05, 0.1) is 18.8 Å². The van der Waals surface area contributed by atoms with Crippen molar-refractivity contribution in [1.82, 2.24) is 20.1 Å². The Morgan fingerprint density at radius 3 is 2.59 bits per heavy atom. The molecule has 3 rings (SSSR count). The summed E-state index contributed by atoms with van der Waals surface area (Å²) in [5.74, 6) is 2.55. The molecule has 7 heteroatoms. The summed E-state index contributed by atoms with van der Waals surface area (Å²) in [6, 6.07) is 9.80. The zero-order valence-corrected chi connectivity index (χ0v) is 16.4. The van der Waals surface area contributed by atoms with Crippen LogP contribution >= 0.6 is 0 Å². The topological polar surface area (TPSA) is 86.0 Å². The van der Waals surface area contributed by atoms with Gasteiger partial charge >= 0.3 is 0 Å². The van der Waals surface area contributed by atoms with Crippen LogP contribution in [0.4, 0.5) is 5.82 Å². The number of benzene rings is 1. The highest BCUT2D eigenvalue weighted by molar-refractivity contribution is 5.57. The molecular formula is C20H25N5O2. The molecule has 7 nitrogen and oxygen atoms in total. The van der Waals surface area contributed by atoms with E-state index < -0.39 is 0 Å². The largest absolute Gasteiger partial charge is 0.378 e. The number of ether oxygens (including phenoxy) is 1. The second-order valence-electron chi connectivity index (χ2n) is 7.44. The standard InChI is InChI=1S/C20H25N5O2/c1-13-8-6-7-9-15(13)18-23-17(25-27-18)11-21-16-10-14(12-26-5)22-19(24-16)20(2,3)4/h6-10H,11-12H2,1-5H3,(H,21,22,24). The highest BCUT2D eigenvalue weighted by Crippen LogP contribution is 2.22. The van der Waals surface area contributed by atoms with Gasteiger partial charge in [0.25, 0.3) is 5.89 Å². The van der Waals surface area contributed by atoms with E-state index in [9.17, 15) is 0 Å². The minimum absolute atomic E-state index is 0.162. The molecule has 0 atom stereocenters. The maximum absolute atomic E-state index is 5.41. The molecule has 0 aliphatic rings. The van der Waals surface area contributed by atoms with Gasteiger partial charge in [-0.2, -0.15) is 4.98 Å². The molecule has 0 saturated carbocycles. The molecule has 2 aromatic heterocycles. The summed E-state index contributed by atoms with van der Waals surface area (Å²) in [7, 11) is 1.65. The summed E-state index contributed by atoms with van der Waals surface area (Å²) < 4.78 is 10.6. The van der Waals surface area contributed by atoms with E-state index in [-0.39, 0.29) is 5.41 Å². The Bertz CT molecular complexity index is 915. The molecule has 0 fully saturated rings. The van der Waals surface area contributed by atoms with Gasteiger partial charge in [-0.05, 0) is 18.6 Å². The Labute approximate surface area is 159 Å². The number of rotatable bonds is 6. The molecule has 0 unspecified atom stereocenters. The van der Waals surface area contributed by atoms with Gasteiger partial charge in [-0.3, -0.25) is 0 Å². The molecule has 1 N–H and O–H groups in total. The number of aryl methyl sites for hydroxylation is 1. The summed E-state index contributed by atoms with van der Waals surface area (Å²) >= 11 is 0. The second kappa shape index (κ2) is 7.84. The van der Waals surface area contributed by atoms with Crippen LogP contribution in [0, 0.1) is 6.92 Å². The molecule has 0 amide bonds. The van der Waals surface area contributed by atoms with Crippen molar-refractivity contribution in [2.45, 2.75) is 46.3 Å². The van der Waals surface area contributed by atoms with Crippen molar-refractivity contribution in [3.8, 4) is 11.5 Å². The molecule has 0 aliphatic heterocycles. The zero-order valence-electron chi connectivity index (χ0n) is 16.4. The Hall–Kier alpha value is -2.80. The highest BCUT2D eigenvalue weighted by atomic mass is 16.5. The number of nitrogens with one attached hydrogen (secondary N) is 1. The third-order valence-electron chi connectivity index (χ3n) is 4.01. The second-order valence-corrected chi connectivity index (χ2v) is 7.44. The average molecular weight is 367 g/mol. The van der Waals surface area contributed by atoms with E-state index in [1.54, 1.807) is 7.11 Å². The number of methoxy groups -OCH3 is 1. The summed E-state index contributed by atoms with van der Waals surface area (Å²) in [5.41, 5.74) is 2.70. The first-order valence-corrected chi connectivity index (χ1v) is 8.86. The highest BCUT2D eigenvalue weighted by Gasteiger charge is 2.19. The van der Waals surface area contributed by atoms with Crippen LogP contribution in [0.3, 0.4) is 0 Å². The van der Waals surface area contributed by atoms with Crippen LogP contribution in [0.2, 0.25) is 0 Å². The smallest absolute Gasteiger partial charge is 0.258 e. The Morgan fingerprint density at radius 2 is 1.89 bits per heavy atom. The molecule has 0 bridgehead atoms. The Balaban J connectivity index is 1.77.